The minimum absolute atomic E-state index is 0.0889. The second kappa shape index (κ2) is 7.96. The summed E-state index contributed by atoms with van der Waals surface area (Å²) in [5, 5.41) is 3.29. The summed E-state index contributed by atoms with van der Waals surface area (Å²) in [4.78, 5) is 32.3. The maximum atomic E-state index is 13.0. The highest BCUT2D eigenvalue weighted by molar-refractivity contribution is 7.15. The van der Waals surface area contributed by atoms with Crippen molar-refractivity contribution in [1.82, 2.24) is 9.88 Å². The summed E-state index contributed by atoms with van der Waals surface area (Å²) in [7, 11) is 3.09. The zero-order chi connectivity index (χ0) is 20.4. The number of hydrogen-bond acceptors (Lipinski definition) is 7. The Morgan fingerprint density at radius 1 is 1.17 bits per heavy atom. The van der Waals surface area contributed by atoms with E-state index >= 15 is 0 Å². The topological polar surface area (TPSA) is 93.9 Å². The van der Waals surface area contributed by atoms with E-state index in [0.717, 1.165) is 10.6 Å². The van der Waals surface area contributed by atoms with Gasteiger partial charge in [-0.05, 0) is 24.3 Å². The third-order valence-electron chi connectivity index (χ3n) is 4.65. The number of methoxy groups -OCH3 is 2. The van der Waals surface area contributed by atoms with Crippen LogP contribution in [0.2, 0.25) is 0 Å². The third kappa shape index (κ3) is 3.81. The first kappa shape index (κ1) is 19.0. The molecule has 0 unspecified atom stereocenters. The first-order chi connectivity index (χ1) is 14.1. The van der Waals surface area contributed by atoms with E-state index < -0.39 is 0 Å². The molecule has 8 nitrogen and oxygen atoms in total. The quantitative estimate of drug-likeness (QED) is 0.690. The molecule has 0 radical (unpaired) electrons. The Balaban J connectivity index is 1.48. The van der Waals surface area contributed by atoms with Crippen LogP contribution in [-0.2, 0) is 13.0 Å². The molecule has 9 heteroatoms. The number of aromatic nitrogens is 1. The van der Waals surface area contributed by atoms with Crippen LogP contribution >= 0.6 is 11.3 Å². The molecule has 0 bridgehead atoms. The molecule has 0 spiro atoms. The maximum absolute atomic E-state index is 13.0. The van der Waals surface area contributed by atoms with Crippen LogP contribution in [0, 0.1) is 0 Å². The first-order valence-electron chi connectivity index (χ1n) is 8.92. The largest absolute Gasteiger partial charge is 0.493 e. The van der Waals surface area contributed by atoms with Gasteiger partial charge in [0.1, 0.15) is 6.26 Å². The molecule has 0 aliphatic carbocycles. The number of anilines is 1. The number of hydrogen-bond donors (Lipinski definition) is 1. The molecule has 0 saturated carbocycles. The second-order valence-corrected chi connectivity index (χ2v) is 7.49. The van der Waals surface area contributed by atoms with Crippen LogP contribution in [0.1, 0.15) is 31.3 Å². The van der Waals surface area contributed by atoms with Crippen LogP contribution in [0.3, 0.4) is 0 Å². The lowest BCUT2D eigenvalue weighted by molar-refractivity contribution is 0.0735. The number of rotatable bonds is 5. The van der Waals surface area contributed by atoms with Crippen molar-refractivity contribution in [2.24, 2.45) is 0 Å². The highest BCUT2D eigenvalue weighted by atomic mass is 32.1. The third-order valence-corrected chi connectivity index (χ3v) is 5.65. The number of carbonyl (C=O) groups is 2. The molecule has 1 aromatic carbocycles. The summed E-state index contributed by atoms with van der Waals surface area (Å²) in [6.07, 6.45) is 3.46. The van der Waals surface area contributed by atoms with Crippen molar-refractivity contribution < 1.29 is 23.5 Å². The molecule has 1 aliphatic heterocycles. The van der Waals surface area contributed by atoms with Crippen LogP contribution in [0.15, 0.2) is 41.2 Å². The Kier molecular flexibility index (Phi) is 5.22. The van der Waals surface area contributed by atoms with Gasteiger partial charge in [0.2, 0.25) is 0 Å². The van der Waals surface area contributed by atoms with Gasteiger partial charge in [0.05, 0.1) is 38.3 Å². The van der Waals surface area contributed by atoms with Crippen LogP contribution < -0.4 is 14.8 Å². The average molecular weight is 413 g/mol. The summed E-state index contributed by atoms with van der Waals surface area (Å²) in [5.74, 6) is 0.723. The Bertz CT molecular complexity index is 1040. The van der Waals surface area contributed by atoms with Crippen LogP contribution in [0.5, 0.6) is 11.5 Å². The predicted molar refractivity (Wildman–Crippen MR) is 107 cm³/mol. The lowest BCUT2D eigenvalue weighted by Gasteiger charge is -2.26. The molecule has 0 atom stereocenters. The fourth-order valence-electron chi connectivity index (χ4n) is 3.14. The Labute approximate surface area is 171 Å². The summed E-state index contributed by atoms with van der Waals surface area (Å²) < 4.78 is 15.4. The molecular formula is C20H19N3O5S. The summed E-state index contributed by atoms with van der Waals surface area (Å²) in [6, 6.07) is 6.71. The SMILES string of the molecule is COc1ccc(C(=O)N2CCc3nc(NC(=O)c4ccoc4)sc3C2)cc1OC. The van der Waals surface area contributed by atoms with Gasteiger partial charge in [0, 0.05) is 23.4 Å². The number of fused-ring (bicyclic) bond motifs is 1. The van der Waals surface area contributed by atoms with Gasteiger partial charge in [0.25, 0.3) is 11.8 Å². The van der Waals surface area contributed by atoms with Crippen molar-refractivity contribution >= 4 is 28.3 Å². The summed E-state index contributed by atoms with van der Waals surface area (Å²) in [6.45, 7) is 1.00. The van der Waals surface area contributed by atoms with Crippen molar-refractivity contribution in [2.45, 2.75) is 13.0 Å². The van der Waals surface area contributed by atoms with Crippen LogP contribution in [0.4, 0.5) is 5.13 Å². The Morgan fingerprint density at radius 3 is 2.72 bits per heavy atom. The van der Waals surface area contributed by atoms with Gasteiger partial charge in [-0.1, -0.05) is 11.3 Å². The van der Waals surface area contributed by atoms with Gasteiger partial charge in [-0.2, -0.15) is 0 Å². The number of benzene rings is 1. The monoisotopic (exact) mass is 413 g/mol. The van der Waals surface area contributed by atoms with E-state index in [1.54, 1.807) is 36.3 Å². The molecule has 0 fully saturated rings. The number of amides is 2. The molecule has 2 amide bonds. The normalized spacial score (nSPS) is 13.0. The highest BCUT2D eigenvalue weighted by Gasteiger charge is 2.26. The van der Waals surface area contributed by atoms with Crippen molar-refractivity contribution in [3.05, 3.63) is 58.5 Å². The zero-order valence-corrected chi connectivity index (χ0v) is 16.7. The van der Waals surface area contributed by atoms with Gasteiger partial charge < -0.3 is 18.8 Å². The van der Waals surface area contributed by atoms with E-state index in [1.165, 1.54) is 31.0 Å². The maximum Gasteiger partial charge on any atom is 0.260 e. The number of nitrogens with one attached hydrogen (secondary N) is 1. The minimum atomic E-state index is -0.275. The van der Waals surface area contributed by atoms with E-state index in [0.29, 0.717) is 47.3 Å². The molecular weight excluding hydrogens is 394 g/mol. The van der Waals surface area contributed by atoms with E-state index in [4.69, 9.17) is 13.9 Å². The van der Waals surface area contributed by atoms with E-state index in [-0.39, 0.29) is 11.8 Å². The highest BCUT2D eigenvalue weighted by Crippen LogP contribution is 2.31. The summed E-state index contributed by atoms with van der Waals surface area (Å²) >= 11 is 1.38. The van der Waals surface area contributed by atoms with E-state index in [9.17, 15) is 9.59 Å². The molecule has 0 saturated heterocycles. The van der Waals surface area contributed by atoms with Gasteiger partial charge in [-0.3, -0.25) is 14.9 Å². The van der Waals surface area contributed by atoms with E-state index in [2.05, 4.69) is 10.3 Å². The fourth-order valence-corrected chi connectivity index (χ4v) is 4.16. The van der Waals surface area contributed by atoms with Gasteiger partial charge in [0.15, 0.2) is 16.6 Å². The molecule has 1 aliphatic rings. The van der Waals surface area contributed by atoms with Gasteiger partial charge in [-0.15, -0.1) is 0 Å². The number of ether oxygens (including phenoxy) is 2. The standard InChI is InChI=1S/C20H19N3O5S/c1-26-15-4-3-12(9-16(15)27-2)19(25)23-7-5-14-17(10-23)29-20(21-14)22-18(24)13-6-8-28-11-13/h3-4,6,8-9,11H,5,7,10H2,1-2H3,(H,21,22,24). The molecule has 150 valence electrons. The van der Waals surface area contributed by atoms with Gasteiger partial charge in [-0.25, -0.2) is 4.98 Å². The molecule has 3 aromatic rings. The Morgan fingerprint density at radius 2 is 2.00 bits per heavy atom. The number of furan rings is 1. The molecule has 2 aromatic heterocycles. The molecule has 3 heterocycles. The Hall–Kier alpha value is -3.33. The first-order valence-corrected chi connectivity index (χ1v) is 9.74. The van der Waals surface area contributed by atoms with Crippen LogP contribution in [0.25, 0.3) is 0 Å². The predicted octanol–water partition coefficient (Wildman–Crippen LogP) is 3.20. The minimum Gasteiger partial charge on any atom is -0.493 e. The van der Waals surface area contributed by atoms with Crippen molar-refractivity contribution in [2.75, 3.05) is 26.1 Å². The average Bonchev–Trinajstić information content (AvgIpc) is 3.41. The lowest BCUT2D eigenvalue weighted by Crippen LogP contribution is -2.35. The number of nitrogens with zero attached hydrogens (tertiary/aromatic N) is 2. The summed E-state index contributed by atoms with van der Waals surface area (Å²) in [5.41, 5.74) is 1.88. The molecule has 1 N–H and O–H groups in total. The molecule has 29 heavy (non-hydrogen) atoms. The second-order valence-electron chi connectivity index (χ2n) is 6.40. The van der Waals surface area contributed by atoms with Crippen molar-refractivity contribution in [3.8, 4) is 11.5 Å². The zero-order valence-electron chi connectivity index (χ0n) is 15.9. The van der Waals surface area contributed by atoms with Crippen molar-refractivity contribution in [3.63, 3.8) is 0 Å². The smallest absolute Gasteiger partial charge is 0.260 e. The number of carbonyl (C=O) groups excluding carboxylic acids is 2. The van der Waals surface area contributed by atoms with Gasteiger partial charge >= 0.3 is 0 Å². The van der Waals surface area contributed by atoms with E-state index in [1.807, 2.05) is 0 Å². The lowest BCUT2D eigenvalue weighted by atomic mass is 10.1. The van der Waals surface area contributed by atoms with Crippen LogP contribution in [-0.4, -0.2) is 42.5 Å². The van der Waals surface area contributed by atoms with Crippen molar-refractivity contribution in [1.29, 1.82) is 0 Å². The molecule has 4 rings (SSSR count). The fraction of sp³-hybridized carbons (Fsp3) is 0.250. The number of thiazole rings is 1.